The summed E-state index contributed by atoms with van der Waals surface area (Å²) in [6, 6.07) is 10.5. The highest BCUT2D eigenvalue weighted by molar-refractivity contribution is 6.01. The molecule has 1 N–H and O–H groups in total. The van der Waals surface area contributed by atoms with Gasteiger partial charge in [-0.2, -0.15) is 13.8 Å². The number of nitrogens with one attached hydrogen (secondary N) is 1. The predicted octanol–water partition coefficient (Wildman–Crippen LogP) is 5.05. The molecule has 9 heteroatoms. The fraction of sp³-hybridized carbons (Fsp3) is 0.480. The lowest BCUT2D eigenvalue weighted by molar-refractivity contribution is -0.146. The molecule has 7 nitrogen and oxygen atoms in total. The number of methoxy groups -OCH3 is 1. The number of nitrogens with zero attached hydrogens (tertiary/aromatic N) is 1. The molecule has 1 amide bonds. The third-order valence-corrected chi connectivity index (χ3v) is 6.06. The molecule has 1 aromatic heterocycles. The van der Waals surface area contributed by atoms with Crippen LogP contribution < -0.4 is 14.8 Å². The van der Waals surface area contributed by atoms with Crippen LogP contribution in [0.15, 0.2) is 36.4 Å². The van der Waals surface area contributed by atoms with Crippen molar-refractivity contribution in [2.24, 2.45) is 5.92 Å². The van der Waals surface area contributed by atoms with E-state index in [2.05, 4.69) is 15.0 Å². The smallest absolute Gasteiger partial charge is 0.388 e. The normalized spacial score (nSPS) is 19.5. The molecule has 0 spiro atoms. The number of pyridine rings is 1. The summed E-state index contributed by atoms with van der Waals surface area (Å²) in [7, 11) is 1.35. The molecule has 0 bridgehead atoms. The molecule has 1 heterocycles. The number of carbonyl (C=O) groups excluding carboxylic acids is 2. The Hall–Kier alpha value is -3.23. The van der Waals surface area contributed by atoms with Gasteiger partial charge in [0.2, 0.25) is 17.7 Å². The number of benzene rings is 1. The number of esters is 1. The van der Waals surface area contributed by atoms with Gasteiger partial charge in [0.05, 0.1) is 19.1 Å². The van der Waals surface area contributed by atoms with Gasteiger partial charge in [0.1, 0.15) is 5.69 Å². The molecule has 3 rings (SSSR count). The van der Waals surface area contributed by atoms with Crippen LogP contribution in [0, 0.1) is 5.92 Å². The van der Waals surface area contributed by atoms with Crippen LogP contribution in [0.2, 0.25) is 0 Å². The van der Waals surface area contributed by atoms with Crippen LogP contribution in [0.4, 0.5) is 14.5 Å². The first-order valence-electron chi connectivity index (χ1n) is 11.3. The van der Waals surface area contributed by atoms with Gasteiger partial charge >= 0.3 is 12.6 Å². The second-order valence-electron chi connectivity index (χ2n) is 8.65. The van der Waals surface area contributed by atoms with E-state index in [9.17, 15) is 18.4 Å². The molecule has 0 radical (unpaired) electrons. The van der Waals surface area contributed by atoms with Gasteiger partial charge in [0, 0.05) is 12.5 Å². The van der Waals surface area contributed by atoms with E-state index in [1.54, 1.807) is 6.92 Å². The zero-order valence-corrected chi connectivity index (χ0v) is 19.8. The molecule has 1 aromatic carbocycles. The monoisotopic (exact) mass is 476 g/mol. The fourth-order valence-electron chi connectivity index (χ4n) is 4.54. The Kier molecular flexibility index (Phi) is 8.06. The highest BCUT2D eigenvalue weighted by Gasteiger charge is 2.52. The lowest BCUT2D eigenvalue weighted by Gasteiger charge is -2.47. The van der Waals surface area contributed by atoms with Crippen molar-refractivity contribution < 1.29 is 32.6 Å². The number of hydrogen-bond acceptors (Lipinski definition) is 6. The zero-order chi connectivity index (χ0) is 24.9. The van der Waals surface area contributed by atoms with Gasteiger partial charge in [-0.15, -0.1) is 0 Å². The number of hydrogen-bond donors (Lipinski definition) is 1. The van der Waals surface area contributed by atoms with E-state index in [0.717, 1.165) is 11.1 Å². The van der Waals surface area contributed by atoms with Gasteiger partial charge in [-0.25, -0.2) is 0 Å². The Bertz CT molecular complexity index is 1020. The second kappa shape index (κ2) is 10.8. The average Bonchev–Trinajstić information content (AvgIpc) is 2.76. The summed E-state index contributed by atoms with van der Waals surface area (Å²) in [6.07, 6.45) is 1.07. The SMILES string of the molecule is CCOC(=O)CC1CC(C(=O)Nc2ccc(OC)nc2OC(F)F)(c2ccccc2C(C)C)C1. The molecule has 1 aliphatic rings. The molecular weight excluding hydrogens is 446 g/mol. The van der Waals surface area contributed by atoms with E-state index < -0.39 is 17.9 Å². The van der Waals surface area contributed by atoms with Crippen molar-refractivity contribution >= 4 is 17.6 Å². The number of rotatable bonds is 10. The highest BCUT2D eigenvalue weighted by atomic mass is 19.3. The highest BCUT2D eigenvalue weighted by Crippen LogP contribution is 2.52. The van der Waals surface area contributed by atoms with E-state index >= 15 is 0 Å². The lowest BCUT2D eigenvalue weighted by atomic mass is 9.56. The van der Waals surface area contributed by atoms with E-state index in [4.69, 9.17) is 9.47 Å². The molecule has 1 saturated carbocycles. The van der Waals surface area contributed by atoms with Crippen LogP contribution in [-0.2, 0) is 19.7 Å². The van der Waals surface area contributed by atoms with Crippen molar-refractivity contribution in [1.82, 2.24) is 4.98 Å². The standard InChI is InChI=1S/C25H30F2N2O5/c1-5-33-21(30)12-16-13-25(14-16,18-9-7-6-8-17(18)15(2)3)23(31)28-19-10-11-20(32-4)29-22(19)34-24(26)27/h6-11,15-16,24H,5,12-14H2,1-4H3,(H,28,31). The molecule has 2 aromatic rings. The maximum absolute atomic E-state index is 13.7. The van der Waals surface area contributed by atoms with Crippen LogP contribution in [0.1, 0.15) is 57.1 Å². The van der Waals surface area contributed by atoms with Crippen LogP contribution in [0.5, 0.6) is 11.8 Å². The van der Waals surface area contributed by atoms with Gasteiger partial charge < -0.3 is 19.5 Å². The first-order valence-corrected chi connectivity index (χ1v) is 11.3. The zero-order valence-electron chi connectivity index (χ0n) is 19.8. The summed E-state index contributed by atoms with van der Waals surface area (Å²) in [5.41, 5.74) is 0.964. The minimum absolute atomic E-state index is 0.0151. The Balaban J connectivity index is 1.94. The van der Waals surface area contributed by atoms with E-state index in [1.165, 1.54) is 19.2 Å². The molecular formula is C25H30F2N2O5. The van der Waals surface area contributed by atoms with Crippen molar-refractivity contribution in [3.8, 4) is 11.8 Å². The Labute approximate surface area is 197 Å². The van der Waals surface area contributed by atoms with E-state index in [1.807, 2.05) is 38.1 Å². The van der Waals surface area contributed by atoms with Gasteiger partial charge in [-0.05, 0) is 48.8 Å². The molecule has 0 atom stereocenters. The first-order chi connectivity index (χ1) is 16.2. The summed E-state index contributed by atoms with van der Waals surface area (Å²) >= 11 is 0. The van der Waals surface area contributed by atoms with Crippen LogP contribution in [-0.4, -0.2) is 37.2 Å². The molecule has 0 saturated heterocycles. The summed E-state index contributed by atoms with van der Waals surface area (Å²) in [5.74, 6) is -0.900. The lowest BCUT2D eigenvalue weighted by Crippen LogP contribution is -2.51. The summed E-state index contributed by atoms with van der Waals surface area (Å²) in [6.45, 7) is 3.01. The maximum Gasteiger partial charge on any atom is 0.388 e. The Morgan fingerprint density at radius 3 is 2.50 bits per heavy atom. The second-order valence-corrected chi connectivity index (χ2v) is 8.65. The first kappa shape index (κ1) is 25.4. The number of anilines is 1. The van der Waals surface area contributed by atoms with Gasteiger partial charge in [0.25, 0.3) is 0 Å². The van der Waals surface area contributed by atoms with Crippen LogP contribution >= 0.6 is 0 Å². The van der Waals surface area contributed by atoms with E-state index in [0.29, 0.717) is 19.4 Å². The molecule has 1 aliphatic carbocycles. The summed E-state index contributed by atoms with van der Waals surface area (Å²) < 4.78 is 40.5. The summed E-state index contributed by atoms with van der Waals surface area (Å²) in [5, 5.41) is 2.74. The van der Waals surface area contributed by atoms with Crippen molar-refractivity contribution in [3.63, 3.8) is 0 Å². The van der Waals surface area contributed by atoms with Gasteiger partial charge in [-0.3, -0.25) is 9.59 Å². The summed E-state index contributed by atoms with van der Waals surface area (Å²) in [4.78, 5) is 29.6. The topological polar surface area (TPSA) is 86.8 Å². The van der Waals surface area contributed by atoms with Gasteiger partial charge in [-0.1, -0.05) is 38.1 Å². The fourth-order valence-corrected chi connectivity index (χ4v) is 4.54. The number of carbonyl (C=O) groups is 2. The Morgan fingerprint density at radius 1 is 1.18 bits per heavy atom. The van der Waals surface area contributed by atoms with Crippen molar-refractivity contribution in [2.45, 2.75) is 58.0 Å². The minimum Gasteiger partial charge on any atom is -0.481 e. The van der Waals surface area contributed by atoms with Crippen LogP contribution in [0.25, 0.3) is 0 Å². The average molecular weight is 477 g/mol. The quantitative estimate of drug-likeness (QED) is 0.483. The number of ether oxygens (including phenoxy) is 3. The number of amides is 1. The third-order valence-electron chi connectivity index (χ3n) is 6.06. The molecule has 34 heavy (non-hydrogen) atoms. The number of halogens is 2. The molecule has 0 unspecified atom stereocenters. The van der Waals surface area contributed by atoms with Gasteiger partial charge in [0.15, 0.2) is 0 Å². The minimum atomic E-state index is -3.12. The largest absolute Gasteiger partial charge is 0.481 e. The molecule has 184 valence electrons. The predicted molar refractivity (Wildman–Crippen MR) is 122 cm³/mol. The maximum atomic E-state index is 13.7. The Morgan fingerprint density at radius 2 is 1.88 bits per heavy atom. The number of alkyl halides is 2. The third kappa shape index (κ3) is 5.46. The van der Waals surface area contributed by atoms with E-state index in [-0.39, 0.29) is 41.7 Å². The van der Waals surface area contributed by atoms with Crippen molar-refractivity contribution in [3.05, 3.63) is 47.5 Å². The number of aromatic nitrogens is 1. The van der Waals surface area contributed by atoms with Crippen molar-refractivity contribution in [1.29, 1.82) is 0 Å². The van der Waals surface area contributed by atoms with Crippen molar-refractivity contribution in [2.75, 3.05) is 19.0 Å². The van der Waals surface area contributed by atoms with Crippen LogP contribution in [0.3, 0.4) is 0 Å². The molecule has 1 fully saturated rings. The molecule has 0 aliphatic heterocycles.